The maximum Gasteiger partial charge on any atom is 0.226 e. The third-order valence-electron chi connectivity index (χ3n) is 3.54. The number of nitrogens with one attached hydrogen (secondary N) is 2. The van der Waals surface area contributed by atoms with Crippen LogP contribution in [0.3, 0.4) is 0 Å². The Morgan fingerprint density at radius 2 is 2.22 bits per heavy atom. The predicted octanol–water partition coefficient (Wildman–Crippen LogP) is 3.48. The quantitative estimate of drug-likeness (QED) is 0.885. The van der Waals surface area contributed by atoms with E-state index in [-0.39, 0.29) is 5.54 Å². The predicted molar refractivity (Wildman–Crippen MR) is 77.5 cm³/mol. The van der Waals surface area contributed by atoms with Gasteiger partial charge in [-0.15, -0.1) is 11.3 Å². The van der Waals surface area contributed by atoms with Gasteiger partial charge in [0.05, 0.1) is 5.39 Å². The van der Waals surface area contributed by atoms with Crippen molar-refractivity contribution in [1.29, 1.82) is 0 Å². The molecule has 0 spiro atoms. The van der Waals surface area contributed by atoms with Gasteiger partial charge in [0.25, 0.3) is 0 Å². The lowest BCUT2D eigenvalue weighted by molar-refractivity contribution is 0.306. The molecule has 1 fully saturated rings. The van der Waals surface area contributed by atoms with E-state index in [1.54, 1.807) is 11.3 Å². The molecule has 2 aromatic heterocycles. The maximum atomic E-state index is 4.60. The summed E-state index contributed by atoms with van der Waals surface area (Å²) in [7, 11) is 0. The van der Waals surface area contributed by atoms with Crippen molar-refractivity contribution in [2.24, 2.45) is 0 Å². The van der Waals surface area contributed by atoms with E-state index in [2.05, 4.69) is 45.9 Å². The van der Waals surface area contributed by atoms with Gasteiger partial charge < -0.3 is 10.6 Å². The molecule has 2 heterocycles. The number of hydrogen-bond acceptors (Lipinski definition) is 5. The number of nitrogens with zero attached hydrogens (tertiary/aromatic N) is 2. The average molecular weight is 262 g/mol. The van der Waals surface area contributed by atoms with Crippen LogP contribution in [0.1, 0.15) is 33.1 Å². The summed E-state index contributed by atoms with van der Waals surface area (Å²) < 4.78 is 0. The summed E-state index contributed by atoms with van der Waals surface area (Å²) in [5, 5.41) is 10.0. The monoisotopic (exact) mass is 262 g/mol. The second-order valence-corrected chi connectivity index (χ2v) is 6.00. The van der Waals surface area contributed by atoms with Gasteiger partial charge in [0, 0.05) is 12.1 Å². The zero-order valence-electron chi connectivity index (χ0n) is 10.8. The molecule has 0 atom stereocenters. The molecule has 3 rings (SSSR count). The van der Waals surface area contributed by atoms with Gasteiger partial charge in [-0.3, -0.25) is 0 Å². The summed E-state index contributed by atoms with van der Waals surface area (Å²) in [5.41, 5.74) is 0.215. The Kier molecular flexibility index (Phi) is 2.86. The Balaban J connectivity index is 1.99. The Morgan fingerprint density at radius 1 is 1.39 bits per heavy atom. The second kappa shape index (κ2) is 4.39. The molecule has 0 saturated heterocycles. The molecule has 18 heavy (non-hydrogen) atoms. The number of fused-ring (bicyclic) bond motifs is 1. The molecule has 0 aromatic carbocycles. The van der Waals surface area contributed by atoms with E-state index in [4.69, 9.17) is 0 Å². The first-order valence-electron chi connectivity index (χ1n) is 6.47. The zero-order valence-corrected chi connectivity index (χ0v) is 11.6. The highest BCUT2D eigenvalue weighted by atomic mass is 32.1. The first kappa shape index (κ1) is 11.7. The van der Waals surface area contributed by atoms with E-state index in [0.29, 0.717) is 0 Å². The number of anilines is 2. The highest BCUT2D eigenvalue weighted by molar-refractivity contribution is 7.16. The maximum absolute atomic E-state index is 4.60. The van der Waals surface area contributed by atoms with Gasteiger partial charge in [-0.25, -0.2) is 4.98 Å². The van der Waals surface area contributed by atoms with Gasteiger partial charge >= 0.3 is 0 Å². The Morgan fingerprint density at radius 3 is 2.89 bits per heavy atom. The summed E-state index contributed by atoms with van der Waals surface area (Å²) in [6.45, 7) is 5.17. The molecule has 0 unspecified atom stereocenters. The lowest BCUT2D eigenvalue weighted by Crippen LogP contribution is -2.42. The van der Waals surface area contributed by atoms with Crippen molar-refractivity contribution in [3.63, 3.8) is 0 Å². The van der Waals surface area contributed by atoms with Crippen LogP contribution in [0, 0.1) is 0 Å². The van der Waals surface area contributed by atoms with Gasteiger partial charge in [-0.2, -0.15) is 4.98 Å². The largest absolute Gasteiger partial charge is 0.364 e. The van der Waals surface area contributed by atoms with Crippen molar-refractivity contribution in [2.75, 3.05) is 17.2 Å². The van der Waals surface area contributed by atoms with E-state index in [9.17, 15) is 0 Å². The molecule has 2 N–H and O–H groups in total. The third kappa shape index (κ3) is 2.03. The molecule has 1 saturated carbocycles. The molecule has 0 radical (unpaired) electrons. The van der Waals surface area contributed by atoms with Crippen molar-refractivity contribution in [3.05, 3.63) is 11.4 Å². The molecule has 96 valence electrons. The molecular weight excluding hydrogens is 244 g/mol. The lowest BCUT2D eigenvalue weighted by atomic mass is 9.78. The molecule has 5 heteroatoms. The van der Waals surface area contributed by atoms with Gasteiger partial charge in [0.1, 0.15) is 10.6 Å². The normalized spacial score (nSPS) is 17.4. The third-order valence-corrected chi connectivity index (χ3v) is 4.34. The SMILES string of the molecule is CCNc1nc(NC2(C)CCC2)c2ccsc2n1. The minimum absolute atomic E-state index is 0.215. The van der Waals surface area contributed by atoms with Crippen LogP contribution in [0.2, 0.25) is 0 Å². The van der Waals surface area contributed by atoms with Gasteiger partial charge in [0.2, 0.25) is 5.95 Å². The summed E-state index contributed by atoms with van der Waals surface area (Å²) in [4.78, 5) is 10.2. The van der Waals surface area contributed by atoms with E-state index in [1.807, 2.05) is 0 Å². The summed E-state index contributed by atoms with van der Waals surface area (Å²) in [5.74, 6) is 1.69. The number of hydrogen-bond donors (Lipinski definition) is 2. The van der Waals surface area contributed by atoms with E-state index in [1.165, 1.54) is 19.3 Å². The van der Waals surface area contributed by atoms with Crippen molar-refractivity contribution in [1.82, 2.24) is 9.97 Å². The number of thiophene rings is 1. The summed E-state index contributed by atoms with van der Waals surface area (Å²) in [6, 6.07) is 2.10. The van der Waals surface area contributed by atoms with Crippen molar-refractivity contribution >= 4 is 33.3 Å². The topological polar surface area (TPSA) is 49.8 Å². The Hall–Kier alpha value is -1.36. The van der Waals surface area contributed by atoms with Crippen molar-refractivity contribution in [3.8, 4) is 0 Å². The number of rotatable bonds is 4. The van der Waals surface area contributed by atoms with Crippen LogP contribution in [0.5, 0.6) is 0 Å². The zero-order chi connectivity index (χ0) is 12.6. The van der Waals surface area contributed by atoms with Gasteiger partial charge in [-0.05, 0) is 44.6 Å². The summed E-state index contributed by atoms with van der Waals surface area (Å²) >= 11 is 1.66. The van der Waals surface area contributed by atoms with E-state index in [0.717, 1.165) is 28.5 Å². The molecule has 0 aliphatic heterocycles. The second-order valence-electron chi connectivity index (χ2n) is 5.10. The van der Waals surface area contributed by atoms with Crippen LogP contribution in [0.4, 0.5) is 11.8 Å². The molecular formula is C13H18N4S. The first-order chi connectivity index (χ1) is 8.70. The highest BCUT2D eigenvalue weighted by Crippen LogP contribution is 2.36. The van der Waals surface area contributed by atoms with E-state index < -0.39 is 0 Å². The van der Waals surface area contributed by atoms with Gasteiger partial charge in [0.15, 0.2) is 0 Å². The molecule has 0 amide bonds. The van der Waals surface area contributed by atoms with Gasteiger partial charge in [-0.1, -0.05) is 0 Å². The Labute approximate surface area is 111 Å². The van der Waals surface area contributed by atoms with Crippen LogP contribution in [-0.2, 0) is 0 Å². The standard InChI is InChI=1S/C13H18N4S/c1-3-14-12-15-10(17-13(2)6-4-7-13)9-5-8-18-11(9)16-12/h5,8H,3-4,6-7H2,1-2H3,(H2,14,15,16,17). The fourth-order valence-electron chi connectivity index (χ4n) is 2.31. The smallest absolute Gasteiger partial charge is 0.226 e. The molecule has 1 aliphatic carbocycles. The molecule has 1 aliphatic rings. The lowest BCUT2D eigenvalue weighted by Gasteiger charge is -2.39. The average Bonchev–Trinajstić information content (AvgIpc) is 2.75. The Bertz CT molecular complexity index is 559. The fourth-order valence-corrected chi connectivity index (χ4v) is 3.07. The summed E-state index contributed by atoms with van der Waals surface area (Å²) in [6.07, 6.45) is 3.75. The van der Waals surface area contributed by atoms with Crippen molar-refractivity contribution < 1.29 is 0 Å². The minimum Gasteiger partial charge on any atom is -0.364 e. The minimum atomic E-state index is 0.215. The number of aromatic nitrogens is 2. The first-order valence-corrected chi connectivity index (χ1v) is 7.35. The van der Waals surface area contributed by atoms with Crippen LogP contribution >= 0.6 is 11.3 Å². The van der Waals surface area contributed by atoms with E-state index >= 15 is 0 Å². The molecule has 2 aromatic rings. The van der Waals surface area contributed by atoms with Crippen LogP contribution in [-0.4, -0.2) is 22.1 Å². The highest BCUT2D eigenvalue weighted by Gasteiger charge is 2.32. The molecule has 4 nitrogen and oxygen atoms in total. The van der Waals surface area contributed by atoms with Crippen LogP contribution in [0.25, 0.3) is 10.2 Å². The van der Waals surface area contributed by atoms with Crippen LogP contribution < -0.4 is 10.6 Å². The molecule has 0 bridgehead atoms. The van der Waals surface area contributed by atoms with Crippen molar-refractivity contribution in [2.45, 2.75) is 38.6 Å². The van der Waals surface area contributed by atoms with Crippen LogP contribution in [0.15, 0.2) is 11.4 Å². The fraction of sp³-hybridized carbons (Fsp3) is 0.538.